The Kier molecular flexibility index (Phi) is 6.34. The van der Waals surface area contributed by atoms with Crippen molar-refractivity contribution in [2.75, 3.05) is 12.4 Å². The molecular weight excluding hydrogens is 401 g/mol. The lowest BCUT2D eigenvalue weighted by Crippen LogP contribution is -2.34. The lowest BCUT2D eigenvalue weighted by Gasteiger charge is -2.21. The smallest absolute Gasteiger partial charge is 0.332 e. The minimum Gasteiger partial charge on any atom is -0.458 e. The SMILES string of the molecule is CCCn1c(=O)n([C@@H]2O[C@H]([C@H](CF)OC(C)=O)C[C@H]2OC(C)=O)c2nc(N)ncc21. The molecule has 3 rings (SSSR count). The molecule has 1 fully saturated rings. The molecule has 3 heterocycles. The highest BCUT2D eigenvalue weighted by molar-refractivity contribution is 5.72. The summed E-state index contributed by atoms with van der Waals surface area (Å²) in [6.07, 6.45) is -2.03. The fraction of sp³-hybridized carbons (Fsp3) is 0.611. The Bertz CT molecular complexity index is 1000. The van der Waals surface area contributed by atoms with Crippen LogP contribution < -0.4 is 11.4 Å². The number of hydrogen-bond acceptors (Lipinski definition) is 9. The number of ether oxygens (including phenoxy) is 3. The molecule has 0 spiro atoms. The summed E-state index contributed by atoms with van der Waals surface area (Å²) in [5.74, 6) is -1.32. The maximum Gasteiger partial charge on any atom is 0.332 e. The second-order valence-corrected chi connectivity index (χ2v) is 6.99. The molecule has 0 aliphatic carbocycles. The summed E-state index contributed by atoms with van der Waals surface area (Å²) < 4.78 is 32.4. The first-order valence-electron chi connectivity index (χ1n) is 9.55. The molecule has 0 aromatic carbocycles. The van der Waals surface area contributed by atoms with Crippen LogP contribution in [-0.2, 0) is 30.3 Å². The Labute approximate surface area is 170 Å². The van der Waals surface area contributed by atoms with Crippen molar-refractivity contribution >= 4 is 29.1 Å². The molecule has 0 bridgehead atoms. The first kappa shape index (κ1) is 21.7. The Morgan fingerprint density at radius 2 is 2.13 bits per heavy atom. The van der Waals surface area contributed by atoms with Crippen LogP contribution in [0.5, 0.6) is 0 Å². The number of nitrogens with two attached hydrogens (primary N) is 1. The van der Waals surface area contributed by atoms with Crippen molar-refractivity contribution in [3.63, 3.8) is 0 Å². The van der Waals surface area contributed by atoms with Crippen molar-refractivity contribution in [1.29, 1.82) is 0 Å². The van der Waals surface area contributed by atoms with Crippen LogP contribution in [0.4, 0.5) is 10.3 Å². The van der Waals surface area contributed by atoms with Gasteiger partial charge in [-0.1, -0.05) is 6.92 Å². The van der Waals surface area contributed by atoms with Crippen LogP contribution in [-0.4, -0.2) is 56.0 Å². The number of imidazole rings is 1. The molecule has 0 saturated carbocycles. The van der Waals surface area contributed by atoms with E-state index in [9.17, 15) is 18.8 Å². The molecule has 4 atom stereocenters. The predicted octanol–water partition coefficient (Wildman–Crippen LogP) is 0.706. The number of esters is 2. The molecule has 0 radical (unpaired) electrons. The summed E-state index contributed by atoms with van der Waals surface area (Å²) in [5.41, 5.74) is 5.89. The van der Waals surface area contributed by atoms with E-state index in [0.29, 0.717) is 18.5 Å². The fourth-order valence-corrected chi connectivity index (χ4v) is 3.61. The number of alkyl halides is 1. The number of carbonyl (C=O) groups is 2. The average Bonchev–Trinajstić information content (AvgIpc) is 3.18. The van der Waals surface area contributed by atoms with Gasteiger partial charge in [0.1, 0.15) is 24.4 Å². The van der Waals surface area contributed by atoms with Crippen molar-refractivity contribution < 1.29 is 28.2 Å². The number of anilines is 1. The Morgan fingerprint density at radius 3 is 2.73 bits per heavy atom. The van der Waals surface area contributed by atoms with Crippen LogP contribution in [0.25, 0.3) is 11.2 Å². The van der Waals surface area contributed by atoms with E-state index < -0.39 is 48.8 Å². The Morgan fingerprint density at radius 1 is 1.40 bits per heavy atom. The van der Waals surface area contributed by atoms with Gasteiger partial charge >= 0.3 is 17.6 Å². The molecule has 0 amide bonds. The van der Waals surface area contributed by atoms with Crippen LogP contribution in [0.2, 0.25) is 0 Å². The molecule has 1 aliphatic heterocycles. The van der Waals surface area contributed by atoms with E-state index in [4.69, 9.17) is 19.9 Å². The summed E-state index contributed by atoms with van der Waals surface area (Å²) in [4.78, 5) is 44.2. The molecule has 2 aromatic rings. The monoisotopic (exact) mass is 425 g/mol. The van der Waals surface area contributed by atoms with Gasteiger partial charge in [-0.2, -0.15) is 4.98 Å². The molecular formula is C18H24FN5O6. The third kappa shape index (κ3) is 4.13. The van der Waals surface area contributed by atoms with Gasteiger partial charge < -0.3 is 19.9 Å². The maximum absolute atomic E-state index is 13.5. The number of rotatable bonds is 7. The Balaban J connectivity index is 2.09. The van der Waals surface area contributed by atoms with Crippen LogP contribution in [0.15, 0.2) is 11.0 Å². The average molecular weight is 425 g/mol. The standard InChI is InChI=1S/C18H24FN5O6/c1-4-5-23-11-8-21-17(20)22-15(11)24(18(23)27)16-13(28-9(2)25)6-12(30-16)14(7-19)29-10(3)26/h8,12-14,16H,4-7H2,1-3H3,(H2,20,21,22)/t12-,13+,14-,16+/m0/s1. The molecule has 11 nitrogen and oxygen atoms in total. The normalized spacial score (nSPS) is 22.2. The zero-order chi connectivity index (χ0) is 22.0. The lowest BCUT2D eigenvalue weighted by atomic mass is 10.1. The van der Waals surface area contributed by atoms with Crippen LogP contribution in [0.3, 0.4) is 0 Å². The number of hydrogen-bond donors (Lipinski definition) is 1. The Hall–Kier alpha value is -3.02. The minimum absolute atomic E-state index is 0.0274. The summed E-state index contributed by atoms with van der Waals surface area (Å²) >= 11 is 0. The predicted molar refractivity (Wildman–Crippen MR) is 102 cm³/mol. The summed E-state index contributed by atoms with van der Waals surface area (Å²) in [6.45, 7) is 3.67. The van der Waals surface area contributed by atoms with Crippen LogP contribution in [0, 0.1) is 0 Å². The van der Waals surface area contributed by atoms with Crippen molar-refractivity contribution in [2.45, 2.75) is 64.7 Å². The highest BCUT2D eigenvalue weighted by atomic mass is 19.1. The third-order valence-corrected chi connectivity index (χ3v) is 4.72. The van der Waals surface area contributed by atoms with Crippen molar-refractivity contribution in [2.24, 2.45) is 0 Å². The molecule has 2 N–H and O–H groups in total. The highest BCUT2D eigenvalue weighted by Crippen LogP contribution is 2.35. The fourth-order valence-electron chi connectivity index (χ4n) is 3.61. The molecule has 1 saturated heterocycles. The molecule has 2 aromatic heterocycles. The summed E-state index contributed by atoms with van der Waals surface area (Å²) in [6, 6.07) is 0. The van der Waals surface area contributed by atoms with E-state index in [1.54, 1.807) is 0 Å². The quantitative estimate of drug-likeness (QED) is 0.635. The first-order chi connectivity index (χ1) is 14.3. The van der Waals surface area contributed by atoms with Gasteiger partial charge in [0.2, 0.25) is 5.95 Å². The highest BCUT2D eigenvalue weighted by Gasteiger charge is 2.45. The van der Waals surface area contributed by atoms with E-state index in [-0.39, 0.29) is 18.0 Å². The van der Waals surface area contributed by atoms with Gasteiger partial charge in [-0.05, 0) is 6.42 Å². The number of aryl methyl sites for hydroxylation is 1. The summed E-state index contributed by atoms with van der Waals surface area (Å²) in [7, 11) is 0. The number of nitrogen functional groups attached to an aromatic ring is 1. The van der Waals surface area contributed by atoms with Gasteiger partial charge in [-0.15, -0.1) is 0 Å². The molecule has 0 unspecified atom stereocenters. The molecule has 164 valence electrons. The maximum atomic E-state index is 13.5. The minimum atomic E-state index is -1.20. The van der Waals surface area contributed by atoms with E-state index in [1.165, 1.54) is 22.3 Å². The molecule has 30 heavy (non-hydrogen) atoms. The van der Waals surface area contributed by atoms with Crippen molar-refractivity contribution in [3.8, 4) is 0 Å². The van der Waals surface area contributed by atoms with Crippen molar-refractivity contribution in [3.05, 3.63) is 16.7 Å². The van der Waals surface area contributed by atoms with E-state index in [1.807, 2.05) is 6.92 Å². The lowest BCUT2D eigenvalue weighted by molar-refractivity contribution is -0.159. The van der Waals surface area contributed by atoms with Gasteiger partial charge in [0, 0.05) is 26.8 Å². The van der Waals surface area contributed by atoms with E-state index >= 15 is 0 Å². The third-order valence-electron chi connectivity index (χ3n) is 4.72. The zero-order valence-electron chi connectivity index (χ0n) is 16.9. The zero-order valence-corrected chi connectivity index (χ0v) is 16.9. The molecule has 12 heteroatoms. The number of aromatic nitrogens is 4. The van der Waals surface area contributed by atoms with Crippen molar-refractivity contribution in [1.82, 2.24) is 19.1 Å². The van der Waals surface area contributed by atoms with Gasteiger partial charge in [0.25, 0.3) is 0 Å². The second kappa shape index (κ2) is 8.78. The topological polar surface area (TPSA) is 141 Å². The van der Waals surface area contributed by atoms with Gasteiger partial charge in [0.05, 0.1) is 6.20 Å². The largest absolute Gasteiger partial charge is 0.458 e. The second-order valence-electron chi connectivity index (χ2n) is 6.99. The number of nitrogens with zero attached hydrogens (tertiary/aromatic N) is 4. The van der Waals surface area contributed by atoms with Crippen LogP contribution in [0.1, 0.15) is 39.8 Å². The number of fused-ring (bicyclic) bond motifs is 1. The first-order valence-corrected chi connectivity index (χ1v) is 9.55. The number of carbonyl (C=O) groups excluding carboxylic acids is 2. The van der Waals surface area contributed by atoms with Gasteiger partial charge in [-0.25, -0.2) is 18.7 Å². The van der Waals surface area contributed by atoms with Crippen LogP contribution >= 0.6 is 0 Å². The molecule has 1 aliphatic rings. The van der Waals surface area contributed by atoms with E-state index in [2.05, 4.69) is 9.97 Å². The van der Waals surface area contributed by atoms with E-state index in [0.717, 1.165) is 6.92 Å². The summed E-state index contributed by atoms with van der Waals surface area (Å²) in [5, 5.41) is 0. The number of halogens is 1. The van der Waals surface area contributed by atoms with Gasteiger partial charge in [-0.3, -0.25) is 14.2 Å². The van der Waals surface area contributed by atoms with Gasteiger partial charge in [0.15, 0.2) is 18.0 Å².